The van der Waals surface area contributed by atoms with Crippen molar-refractivity contribution in [2.24, 2.45) is 10.9 Å². The molecule has 0 spiro atoms. The first-order chi connectivity index (χ1) is 20.5. The monoisotopic (exact) mass is 606 g/mol. The third-order valence-corrected chi connectivity index (χ3v) is 8.95. The van der Waals surface area contributed by atoms with E-state index in [1.165, 1.54) is 16.4 Å². The maximum Gasteiger partial charge on any atom is 0.404 e. The molecule has 0 aliphatic heterocycles. The van der Waals surface area contributed by atoms with Gasteiger partial charge in [-0.05, 0) is 48.6 Å². The number of aromatic amines is 1. The molecule has 228 valence electrons. The zero-order valence-corrected chi connectivity index (χ0v) is 25.3. The van der Waals surface area contributed by atoms with E-state index in [1.807, 2.05) is 74.5 Å². The summed E-state index contributed by atoms with van der Waals surface area (Å²) in [5, 5.41) is 34.1. The third-order valence-electron chi connectivity index (χ3n) is 7.12. The minimum absolute atomic E-state index is 0.0187. The van der Waals surface area contributed by atoms with E-state index >= 15 is 0 Å². The van der Waals surface area contributed by atoms with Gasteiger partial charge >= 0.3 is 6.09 Å². The summed E-state index contributed by atoms with van der Waals surface area (Å²) in [6.07, 6.45) is -2.45. The van der Waals surface area contributed by atoms with Gasteiger partial charge in [0.15, 0.2) is 5.88 Å². The normalized spacial score (nSPS) is 13.9. The lowest BCUT2D eigenvalue weighted by Gasteiger charge is -2.30. The molecule has 43 heavy (non-hydrogen) atoms. The van der Waals surface area contributed by atoms with Crippen LogP contribution in [0.2, 0.25) is 0 Å². The van der Waals surface area contributed by atoms with Gasteiger partial charge in [-0.2, -0.15) is 4.31 Å². The van der Waals surface area contributed by atoms with Crippen molar-refractivity contribution in [3.05, 3.63) is 95.6 Å². The van der Waals surface area contributed by atoms with Gasteiger partial charge in [-0.1, -0.05) is 74.5 Å². The largest absolute Gasteiger partial charge is 0.494 e. The SMILES string of the molecule is CC(=NCc1ccccc1)c1c(O)[nH]c2ccc(S(=O)(=O)N(CC(C)C)CC(O)C(Cc3ccccc3)NC(=O)O)cc12. The molecule has 0 bridgehead atoms. The van der Waals surface area contributed by atoms with Crippen molar-refractivity contribution in [3.63, 3.8) is 0 Å². The number of hydrogen-bond donors (Lipinski definition) is 5. The quantitative estimate of drug-likeness (QED) is 0.138. The summed E-state index contributed by atoms with van der Waals surface area (Å²) in [6.45, 7) is 5.67. The van der Waals surface area contributed by atoms with Gasteiger partial charge in [0.1, 0.15) is 0 Å². The summed E-state index contributed by atoms with van der Waals surface area (Å²) < 4.78 is 29.2. The van der Waals surface area contributed by atoms with Crippen molar-refractivity contribution in [3.8, 4) is 5.88 Å². The Morgan fingerprint density at radius 1 is 0.977 bits per heavy atom. The number of carboxylic acid groups (broad SMARTS) is 1. The van der Waals surface area contributed by atoms with Crippen LogP contribution in [0, 0.1) is 5.92 Å². The topological polar surface area (TPSA) is 155 Å². The van der Waals surface area contributed by atoms with E-state index in [4.69, 9.17) is 0 Å². The molecule has 1 aromatic heterocycles. The predicted molar refractivity (Wildman–Crippen MR) is 167 cm³/mol. The Hall–Kier alpha value is -4.19. The first-order valence-electron chi connectivity index (χ1n) is 14.1. The van der Waals surface area contributed by atoms with E-state index in [0.29, 0.717) is 28.7 Å². The second kappa shape index (κ2) is 13.9. The fourth-order valence-electron chi connectivity index (χ4n) is 5.03. The van der Waals surface area contributed by atoms with E-state index in [2.05, 4.69) is 15.3 Å². The van der Waals surface area contributed by atoms with E-state index in [-0.39, 0.29) is 36.2 Å². The Morgan fingerprint density at radius 2 is 1.60 bits per heavy atom. The number of nitrogens with one attached hydrogen (secondary N) is 2. The van der Waals surface area contributed by atoms with Crippen molar-refractivity contribution in [1.29, 1.82) is 0 Å². The van der Waals surface area contributed by atoms with Crippen molar-refractivity contribution in [2.45, 2.75) is 50.8 Å². The van der Waals surface area contributed by atoms with Crippen LogP contribution in [0.1, 0.15) is 37.5 Å². The minimum Gasteiger partial charge on any atom is -0.494 e. The van der Waals surface area contributed by atoms with Crippen LogP contribution in [-0.4, -0.2) is 70.1 Å². The number of aromatic nitrogens is 1. The standard InChI is InChI=1S/C32H38N4O6S/c1-21(2)19-36(20-29(37)28(35-32(39)40)16-23-10-6-4-7-11-23)43(41,42)25-14-15-27-26(17-25)30(31(38)34-27)22(3)33-18-24-12-8-5-9-13-24/h4-15,17,21,28-29,34-35,37-38H,16,18-20H2,1-3H3,(H,39,40). The molecule has 5 N–H and O–H groups in total. The predicted octanol–water partition coefficient (Wildman–Crippen LogP) is 4.77. The molecule has 0 fully saturated rings. The number of fused-ring (bicyclic) bond motifs is 1. The number of carbonyl (C=O) groups is 1. The van der Waals surface area contributed by atoms with Gasteiger partial charge in [0.05, 0.1) is 29.1 Å². The van der Waals surface area contributed by atoms with Gasteiger partial charge in [-0.25, -0.2) is 13.2 Å². The van der Waals surface area contributed by atoms with Crippen molar-refractivity contribution in [2.75, 3.05) is 13.1 Å². The number of H-pyrrole nitrogens is 1. The molecule has 1 amide bonds. The molecule has 10 nitrogen and oxygen atoms in total. The highest BCUT2D eigenvalue weighted by Crippen LogP contribution is 2.31. The van der Waals surface area contributed by atoms with E-state index < -0.39 is 28.3 Å². The Labute approximate surface area is 251 Å². The molecule has 2 unspecified atom stereocenters. The molecule has 4 aromatic rings. The summed E-state index contributed by atoms with van der Waals surface area (Å²) >= 11 is 0. The number of rotatable bonds is 13. The molecule has 4 rings (SSSR count). The number of sulfonamides is 1. The number of aliphatic hydroxyl groups excluding tert-OH is 1. The zero-order chi connectivity index (χ0) is 31.1. The average molecular weight is 607 g/mol. The Balaban J connectivity index is 1.65. The van der Waals surface area contributed by atoms with E-state index in [1.54, 1.807) is 13.0 Å². The van der Waals surface area contributed by atoms with Crippen LogP contribution in [0.4, 0.5) is 4.79 Å². The summed E-state index contributed by atoms with van der Waals surface area (Å²) in [5.41, 5.74) is 3.29. The summed E-state index contributed by atoms with van der Waals surface area (Å²) in [7, 11) is -4.14. The molecule has 0 radical (unpaired) electrons. The fraction of sp³-hybridized carbons (Fsp3) is 0.312. The zero-order valence-electron chi connectivity index (χ0n) is 24.4. The first kappa shape index (κ1) is 31.7. The maximum atomic E-state index is 14.0. The second-order valence-corrected chi connectivity index (χ2v) is 12.9. The van der Waals surface area contributed by atoms with Crippen LogP contribution < -0.4 is 5.32 Å². The Kier molecular flexibility index (Phi) is 10.2. The van der Waals surface area contributed by atoms with Crippen LogP contribution in [0.3, 0.4) is 0 Å². The highest BCUT2D eigenvalue weighted by molar-refractivity contribution is 7.89. The number of nitrogens with zero attached hydrogens (tertiary/aromatic N) is 2. The van der Waals surface area contributed by atoms with Crippen molar-refractivity contribution < 1.29 is 28.5 Å². The van der Waals surface area contributed by atoms with Crippen molar-refractivity contribution >= 4 is 32.7 Å². The molecular formula is C32H38N4O6S. The number of amides is 1. The van der Waals surface area contributed by atoms with Gasteiger partial charge < -0.3 is 25.6 Å². The molecular weight excluding hydrogens is 568 g/mol. The smallest absolute Gasteiger partial charge is 0.404 e. The van der Waals surface area contributed by atoms with Crippen LogP contribution in [-0.2, 0) is 23.0 Å². The van der Waals surface area contributed by atoms with Crippen molar-refractivity contribution in [1.82, 2.24) is 14.6 Å². The van der Waals surface area contributed by atoms with Crippen LogP contribution in [0.25, 0.3) is 10.9 Å². The number of aliphatic hydroxyl groups is 1. The Bertz CT molecular complexity index is 1670. The summed E-state index contributed by atoms with van der Waals surface area (Å²) in [4.78, 5) is 19.0. The summed E-state index contributed by atoms with van der Waals surface area (Å²) in [5.74, 6) is -0.193. The highest BCUT2D eigenvalue weighted by atomic mass is 32.2. The highest BCUT2D eigenvalue weighted by Gasteiger charge is 2.32. The summed E-state index contributed by atoms with van der Waals surface area (Å²) in [6, 6.07) is 22.3. The minimum atomic E-state index is -4.14. The molecule has 2 atom stereocenters. The van der Waals surface area contributed by atoms with Gasteiger partial charge in [0.2, 0.25) is 10.0 Å². The fourth-order valence-corrected chi connectivity index (χ4v) is 6.68. The van der Waals surface area contributed by atoms with Gasteiger partial charge in [0.25, 0.3) is 0 Å². The van der Waals surface area contributed by atoms with Gasteiger partial charge in [0, 0.05) is 29.7 Å². The second-order valence-electron chi connectivity index (χ2n) is 11.0. The van der Waals surface area contributed by atoms with Crippen LogP contribution >= 0.6 is 0 Å². The Morgan fingerprint density at radius 3 is 2.21 bits per heavy atom. The number of aromatic hydroxyl groups is 1. The van der Waals surface area contributed by atoms with E-state index in [9.17, 15) is 28.5 Å². The molecule has 0 saturated carbocycles. The van der Waals surface area contributed by atoms with Crippen LogP contribution in [0.15, 0.2) is 88.8 Å². The maximum absolute atomic E-state index is 14.0. The number of aliphatic imine (C=N–C) groups is 1. The van der Waals surface area contributed by atoms with E-state index in [0.717, 1.165) is 11.1 Å². The average Bonchev–Trinajstić information content (AvgIpc) is 3.30. The lowest BCUT2D eigenvalue weighted by molar-refractivity contribution is 0.0980. The first-order valence-corrected chi connectivity index (χ1v) is 15.5. The van der Waals surface area contributed by atoms with Crippen LogP contribution in [0.5, 0.6) is 5.88 Å². The molecule has 1 heterocycles. The number of benzene rings is 3. The molecule has 0 saturated heterocycles. The molecule has 11 heteroatoms. The molecule has 3 aromatic carbocycles. The molecule has 0 aliphatic carbocycles. The lowest BCUT2D eigenvalue weighted by Crippen LogP contribution is -2.50. The number of hydrogen-bond acceptors (Lipinski definition) is 6. The third kappa shape index (κ3) is 8.01. The molecule has 0 aliphatic rings. The van der Waals surface area contributed by atoms with Gasteiger partial charge in [-0.3, -0.25) is 4.99 Å². The van der Waals surface area contributed by atoms with Gasteiger partial charge in [-0.15, -0.1) is 0 Å². The lowest BCUT2D eigenvalue weighted by atomic mass is 10.0.